The molecule has 0 spiro atoms. The molecule has 3 aromatic rings. The van der Waals surface area contributed by atoms with E-state index in [0.717, 1.165) is 0 Å². The first-order chi connectivity index (χ1) is 15.3. The number of hydrogen-bond acceptors (Lipinski definition) is 8. The first kappa shape index (κ1) is 23.8. The van der Waals surface area contributed by atoms with Crippen molar-refractivity contribution in [3.63, 3.8) is 0 Å². The molecule has 172 valence electrons. The van der Waals surface area contributed by atoms with E-state index in [4.69, 9.17) is 14.2 Å². The summed E-state index contributed by atoms with van der Waals surface area (Å²) in [4.78, 5) is 17.4. The molecule has 0 aliphatic heterocycles. The number of aromatic nitrogens is 1. The quantitative estimate of drug-likeness (QED) is 0.500. The van der Waals surface area contributed by atoms with Gasteiger partial charge in [0.1, 0.15) is 0 Å². The summed E-state index contributed by atoms with van der Waals surface area (Å²) in [5, 5.41) is 3.09. The minimum atomic E-state index is -3.59. The van der Waals surface area contributed by atoms with Gasteiger partial charge in [0, 0.05) is 18.7 Å². The van der Waals surface area contributed by atoms with E-state index in [-0.39, 0.29) is 4.90 Å². The number of fused-ring (bicyclic) bond motifs is 1. The Balaban J connectivity index is 1.91. The summed E-state index contributed by atoms with van der Waals surface area (Å²) in [5.41, 5.74) is 0.886. The highest BCUT2D eigenvalue weighted by molar-refractivity contribution is 7.89. The fraction of sp³-hybridized carbons (Fsp3) is 0.333. The Labute approximate surface area is 191 Å². The van der Waals surface area contributed by atoms with Crippen LogP contribution in [0.25, 0.3) is 10.2 Å². The first-order valence-corrected chi connectivity index (χ1v) is 12.1. The molecule has 32 heavy (non-hydrogen) atoms. The Hall–Kier alpha value is -2.89. The molecular formula is C21H25N3O6S2. The zero-order chi connectivity index (χ0) is 23.5. The molecule has 2 aromatic carbocycles. The van der Waals surface area contributed by atoms with Crippen LogP contribution in [0.3, 0.4) is 0 Å². The zero-order valence-electron chi connectivity index (χ0n) is 18.5. The summed E-state index contributed by atoms with van der Waals surface area (Å²) in [5.74, 6) is 0.674. The monoisotopic (exact) mass is 479 g/mol. The Morgan fingerprint density at radius 2 is 1.66 bits per heavy atom. The number of carbonyl (C=O) groups is 1. The molecule has 0 aliphatic carbocycles. The number of nitrogens with one attached hydrogen (secondary N) is 1. The number of carbonyl (C=O) groups excluding carboxylic acids is 1. The van der Waals surface area contributed by atoms with E-state index in [1.54, 1.807) is 38.1 Å². The maximum absolute atomic E-state index is 12.8. The molecule has 3 rings (SSSR count). The zero-order valence-corrected chi connectivity index (χ0v) is 20.1. The standard InChI is InChI=1S/C21H25N3O6S2/c1-6-24(7-2)32(26,27)14-8-9-15-18(12-14)31-21(22-15)23-20(25)13-10-16(28-3)19(30-5)17(11-13)29-4/h8-12H,6-7H2,1-5H3,(H,22,23,25). The summed E-state index contributed by atoms with van der Waals surface area (Å²) < 4.78 is 43.5. The van der Waals surface area contributed by atoms with Crippen molar-refractivity contribution >= 4 is 42.6 Å². The van der Waals surface area contributed by atoms with Gasteiger partial charge in [-0.05, 0) is 30.3 Å². The van der Waals surface area contributed by atoms with Gasteiger partial charge in [-0.3, -0.25) is 10.1 Å². The van der Waals surface area contributed by atoms with E-state index in [1.807, 2.05) is 0 Å². The highest BCUT2D eigenvalue weighted by Crippen LogP contribution is 2.38. The first-order valence-electron chi connectivity index (χ1n) is 9.81. The van der Waals surface area contributed by atoms with Crippen molar-refractivity contribution in [1.29, 1.82) is 0 Å². The lowest BCUT2D eigenvalue weighted by atomic mass is 10.1. The number of ether oxygens (including phenoxy) is 3. The fourth-order valence-electron chi connectivity index (χ4n) is 3.21. The summed E-state index contributed by atoms with van der Waals surface area (Å²) in [6.45, 7) is 4.36. The number of nitrogens with zero attached hydrogens (tertiary/aromatic N) is 2. The van der Waals surface area contributed by atoms with Gasteiger partial charge in [-0.25, -0.2) is 13.4 Å². The lowest BCUT2D eigenvalue weighted by Gasteiger charge is -2.18. The van der Waals surface area contributed by atoms with Crippen molar-refractivity contribution in [3.8, 4) is 17.2 Å². The third-order valence-electron chi connectivity index (χ3n) is 4.85. The molecule has 0 saturated carbocycles. The summed E-state index contributed by atoms with van der Waals surface area (Å²) in [7, 11) is 0.833. The number of rotatable bonds is 9. The fourth-order valence-corrected chi connectivity index (χ4v) is 5.67. The van der Waals surface area contributed by atoms with Gasteiger partial charge in [-0.2, -0.15) is 4.31 Å². The molecule has 0 unspecified atom stereocenters. The predicted molar refractivity (Wildman–Crippen MR) is 124 cm³/mol. The molecule has 0 fully saturated rings. The van der Waals surface area contributed by atoms with E-state index in [9.17, 15) is 13.2 Å². The van der Waals surface area contributed by atoms with Crippen LogP contribution in [-0.2, 0) is 10.0 Å². The van der Waals surface area contributed by atoms with Crippen LogP contribution in [-0.4, -0.2) is 58.0 Å². The molecule has 11 heteroatoms. The van der Waals surface area contributed by atoms with Crippen LogP contribution >= 0.6 is 11.3 Å². The van der Waals surface area contributed by atoms with Crippen LogP contribution in [0.5, 0.6) is 17.2 Å². The minimum absolute atomic E-state index is 0.194. The normalized spacial score (nSPS) is 11.6. The smallest absolute Gasteiger partial charge is 0.257 e. The van der Waals surface area contributed by atoms with E-state index in [1.165, 1.54) is 43.0 Å². The number of amides is 1. The second kappa shape index (κ2) is 9.72. The average Bonchev–Trinajstić information content (AvgIpc) is 3.19. The Morgan fingerprint density at radius 1 is 1.03 bits per heavy atom. The van der Waals surface area contributed by atoms with Gasteiger partial charge in [0.2, 0.25) is 15.8 Å². The minimum Gasteiger partial charge on any atom is -0.493 e. The van der Waals surface area contributed by atoms with Crippen LogP contribution in [0, 0.1) is 0 Å². The molecule has 0 bridgehead atoms. The third kappa shape index (κ3) is 4.50. The molecule has 1 amide bonds. The topological polar surface area (TPSA) is 107 Å². The van der Waals surface area contributed by atoms with Crippen molar-refractivity contribution in [2.75, 3.05) is 39.7 Å². The summed E-state index contributed by atoms with van der Waals surface area (Å²) in [6.07, 6.45) is 0. The molecule has 1 aromatic heterocycles. The average molecular weight is 480 g/mol. The molecular weight excluding hydrogens is 454 g/mol. The molecule has 0 aliphatic rings. The Kier molecular flexibility index (Phi) is 7.22. The number of benzene rings is 2. The van der Waals surface area contributed by atoms with Gasteiger partial charge in [0.05, 0.1) is 36.4 Å². The van der Waals surface area contributed by atoms with Crippen molar-refractivity contribution < 1.29 is 27.4 Å². The highest BCUT2D eigenvalue weighted by atomic mass is 32.2. The number of sulfonamides is 1. The lowest BCUT2D eigenvalue weighted by molar-refractivity contribution is 0.102. The van der Waals surface area contributed by atoms with Gasteiger partial charge in [-0.1, -0.05) is 25.2 Å². The van der Waals surface area contributed by atoms with Crippen LogP contribution in [0.4, 0.5) is 5.13 Å². The SMILES string of the molecule is CCN(CC)S(=O)(=O)c1ccc2nc(NC(=O)c3cc(OC)c(OC)c(OC)c3)sc2c1. The van der Waals surface area contributed by atoms with Gasteiger partial charge < -0.3 is 14.2 Å². The number of anilines is 1. The van der Waals surface area contributed by atoms with E-state index < -0.39 is 15.9 Å². The van der Waals surface area contributed by atoms with Crippen LogP contribution < -0.4 is 19.5 Å². The highest BCUT2D eigenvalue weighted by Gasteiger charge is 2.23. The number of thiazole rings is 1. The largest absolute Gasteiger partial charge is 0.493 e. The molecule has 9 nitrogen and oxygen atoms in total. The molecule has 0 atom stereocenters. The third-order valence-corrected chi connectivity index (χ3v) is 7.83. The van der Waals surface area contributed by atoms with Crippen LogP contribution in [0.2, 0.25) is 0 Å². The van der Waals surface area contributed by atoms with E-state index in [0.29, 0.717) is 51.2 Å². The predicted octanol–water partition coefficient (Wildman–Crippen LogP) is 3.60. The van der Waals surface area contributed by atoms with Crippen molar-refractivity contribution in [3.05, 3.63) is 35.9 Å². The molecule has 1 N–H and O–H groups in total. The number of hydrogen-bond donors (Lipinski definition) is 1. The van der Waals surface area contributed by atoms with Crippen molar-refractivity contribution in [2.24, 2.45) is 0 Å². The van der Waals surface area contributed by atoms with Crippen molar-refractivity contribution in [1.82, 2.24) is 9.29 Å². The van der Waals surface area contributed by atoms with Gasteiger partial charge in [0.15, 0.2) is 16.6 Å². The van der Waals surface area contributed by atoms with Crippen LogP contribution in [0.1, 0.15) is 24.2 Å². The summed E-state index contributed by atoms with van der Waals surface area (Å²) >= 11 is 1.19. The van der Waals surface area contributed by atoms with E-state index in [2.05, 4.69) is 10.3 Å². The van der Waals surface area contributed by atoms with Crippen LogP contribution in [0.15, 0.2) is 35.2 Å². The van der Waals surface area contributed by atoms with E-state index >= 15 is 0 Å². The molecule has 0 saturated heterocycles. The van der Waals surface area contributed by atoms with Gasteiger partial charge in [-0.15, -0.1) is 0 Å². The summed E-state index contributed by atoms with van der Waals surface area (Å²) in [6, 6.07) is 7.82. The lowest BCUT2D eigenvalue weighted by Crippen LogP contribution is -2.30. The second-order valence-corrected chi connectivity index (χ2v) is 9.57. The molecule has 0 radical (unpaired) electrons. The Morgan fingerprint density at radius 3 is 2.19 bits per heavy atom. The maximum Gasteiger partial charge on any atom is 0.257 e. The van der Waals surface area contributed by atoms with Crippen molar-refractivity contribution in [2.45, 2.75) is 18.7 Å². The van der Waals surface area contributed by atoms with Gasteiger partial charge >= 0.3 is 0 Å². The maximum atomic E-state index is 12.8. The molecule has 1 heterocycles. The number of methoxy groups -OCH3 is 3. The second-order valence-electron chi connectivity index (χ2n) is 6.61. The van der Waals surface area contributed by atoms with Gasteiger partial charge in [0.25, 0.3) is 5.91 Å². The Bertz CT molecular complexity index is 1210.